The Morgan fingerprint density at radius 1 is 0.455 bits per heavy atom. The fraction of sp³-hybridized carbons (Fsp3) is 0.613. The second-order valence-electron chi connectivity index (χ2n) is 14.3. The lowest BCUT2D eigenvalue weighted by molar-refractivity contribution is 0.565. The van der Waals surface area contributed by atoms with Crippen LogP contribution in [0.15, 0.2) is 36.4 Å². The lowest BCUT2D eigenvalue weighted by Gasteiger charge is -2.27. The van der Waals surface area contributed by atoms with Crippen LogP contribution in [0.25, 0.3) is 0 Å². The molecule has 0 spiro atoms. The summed E-state index contributed by atoms with van der Waals surface area (Å²) in [7, 11) is 0. The van der Waals surface area contributed by atoms with E-state index in [1.165, 1.54) is 33.4 Å². The smallest absolute Gasteiger partial charge is 0.0713 e. The van der Waals surface area contributed by atoms with E-state index in [9.17, 15) is 0 Å². The van der Waals surface area contributed by atoms with Gasteiger partial charge in [-0.25, -0.2) is 0 Å². The maximum Gasteiger partial charge on any atom is 0.0954 e. The Bertz CT molecular complexity index is 883. The van der Waals surface area contributed by atoms with E-state index in [0.717, 1.165) is 0 Å². The second kappa shape index (κ2) is 8.22. The van der Waals surface area contributed by atoms with Gasteiger partial charge in [0.1, 0.15) is 0 Å². The van der Waals surface area contributed by atoms with Crippen LogP contribution < -0.4 is 0 Å². The fourth-order valence-corrected chi connectivity index (χ4v) is 6.40. The average molecular weight is 577 g/mol. The third-order valence-electron chi connectivity index (χ3n) is 7.15. The fourth-order valence-electron chi connectivity index (χ4n) is 4.55. The Hall–Kier alpha value is -0.600. The Labute approximate surface area is 220 Å². The number of benzene rings is 2. The Morgan fingerprint density at radius 3 is 0.848 bits per heavy atom. The van der Waals surface area contributed by atoms with E-state index in [2.05, 4.69) is 151 Å². The first-order valence-electron chi connectivity index (χ1n) is 12.3. The summed E-state index contributed by atoms with van der Waals surface area (Å²) in [4.78, 5) is 0. The lowest BCUT2D eigenvalue weighted by Crippen LogP contribution is -2.17. The second-order valence-corrected chi connectivity index (χ2v) is 18.0. The van der Waals surface area contributed by atoms with Gasteiger partial charge in [-0.15, -0.1) is 0 Å². The normalized spacial score (nSPS) is 21.3. The first kappa shape index (κ1) is 27.0. The van der Waals surface area contributed by atoms with Crippen molar-refractivity contribution in [3.05, 3.63) is 69.8 Å². The van der Waals surface area contributed by atoms with Crippen LogP contribution in [-0.4, -0.2) is 3.23 Å². The molecule has 0 saturated heterocycles. The van der Waals surface area contributed by atoms with Gasteiger partial charge >= 0.3 is 0 Å². The molecular weight excluding hydrogens is 532 g/mol. The van der Waals surface area contributed by atoms with Crippen molar-refractivity contribution in [3.63, 3.8) is 0 Å². The van der Waals surface area contributed by atoms with Gasteiger partial charge in [0.05, 0.1) is 3.23 Å². The number of hydrogen-bond acceptors (Lipinski definition) is 0. The summed E-state index contributed by atoms with van der Waals surface area (Å²) in [6, 6.07) is 14.7. The third-order valence-corrected chi connectivity index (χ3v) is 9.12. The zero-order chi connectivity index (χ0) is 25.4. The van der Waals surface area contributed by atoms with Gasteiger partial charge in [0.25, 0.3) is 0 Å². The zero-order valence-electron chi connectivity index (χ0n) is 22.9. The van der Waals surface area contributed by atoms with Crippen molar-refractivity contribution < 1.29 is 0 Å². The molecule has 2 aromatic carbocycles. The van der Waals surface area contributed by atoms with Crippen molar-refractivity contribution in [2.45, 2.75) is 120 Å². The molecule has 1 aliphatic rings. The van der Waals surface area contributed by atoms with Crippen molar-refractivity contribution >= 4 is 31.9 Å². The molecule has 3 rings (SSSR count). The molecule has 33 heavy (non-hydrogen) atoms. The maximum absolute atomic E-state index is 4.11. The highest BCUT2D eigenvalue weighted by Gasteiger charge is 2.63. The molecular formula is C31H44Br2. The van der Waals surface area contributed by atoms with Crippen LogP contribution in [0.2, 0.25) is 0 Å². The van der Waals surface area contributed by atoms with Gasteiger partial charge in [0, 0.05) is 11.8 Å². The molecule has 2 heteroatoms. The molecule has 0 N–H and O–H groups in total. The average Bonchev–Trinajstić information content (AvgIpc) is 3.20. The molecule has 0 bridgehead atoms. The van der Waals surface area contributed by atoms with Crippen LogP contribution in [0.3, 0.4) is 0 Å². The van der Waals surface area contributed by atoms with Crippen LogP contribution in [0, 0.1) is 0 Å². The van der Waals surface area contributed by atoms with Crippen molar-refractivity contribution in [3.8, 4) is 0 Å². The van der Waals surface area contributed by atoms with Gasteiger partial charge in [-0.3, -0.25) is 0 Å². The van der Waals surface area contributed by atoms with E-state index in [1.807, 2.05) is 0 Å². The van der Waals surface area contributed by atoms with Crippen LogP contribution in [0.1, 0.15) is 128 Å². The first-order chi connectivity index (χ1) is 14.6. The molecule has 0 amide bonds. The first-order valence-corrected chi connectivity index (χ1v) is 13.9. The summed E-state index contributed by atoms with van der Waals surface area (Å²) in [5.41, 5.74) is 9.03. The SMILES string of the molecule is CC(C)(C)c1cc([C@@H]2[C@@H](c3cc(C(C)(C)C)cc(C(C)(C)C)c3)C2(Br)Br)cc(C(C)(C)C)c1. The molecule has 1 fully saturated rings. The molecule has 0 unspecified atom stereocenters. The molecule has 182 valence electrons. The highest BCUT2D eigenvalue weighted by Crippen LogP contribution is 2.72. The molecule has 0 nitrogen and oxygen atoms in total. The molecule has 0 heterocycles. The lowest BCUT2D eigenvalue weighted by atomic mass is 9.78. The predicted molar refractivity (Wildman–Crippen MR) is 154 cm³/mol. The van der Waals surface area contributed by atoms with Crippen molar-refractivity contribution in [1.29, 1.82) is 0 Å². The monoisotopic (exact) mass is 574 g/mol. The Balaban J connectivity index is 2.17. The molecule has 0 aromatic heterocycles. The van der Waals surface area contributed by atoms with Gasteiger partial charge < -0.3 is 0 Å². The van der Waals surface area contributed by atoms with E-state index < -0.39 is 0 Å². The van der Waals surface area contributed by atoms with Gasteiger partial charge in [-0.2, -0.15) is 0 Å². The maximum atomic E-state index is 4.11. The highest BCUT2D eigenvalue weighted by molar-refractivity contribution is 9.25. The number of halogens is 2. The van der Waals surface area contributed by atoms with Crippen molar-refractivity contribution in [2.75, 3.05) is 0 Å². The van der Waals surface area contributed by atoms with E-state index in [-0.39, 0.29) is 24.9 Å². The van der Waals surface area contributed by atoms with E-state index >= 15 is 0 Å². The predicted octanol–water partition coefficient (Wildman–Crippen LogP) is 10.2. The van der Waals surface area contributed by atoms with Crippen molar-refractivity contribution in [2.24, 2.45) is 0 Å². The molecule has 1 aliphatic carbocycles. The van der Waals surface area contributed by atoms with Crippen molar-refractivity contribution in [1.82, 2.24) is 0 Å². The summed E-state index contributed by atoms with van der Waals surface area (Å²) in [5, 5.41) is 0. The minimum absolute atomic E-state index is 0.114. The Kier molecular flexibility index (Phi) is 6.73. The largest absolute Gasteiger partial charge is 0.0954 e. The number of hydrogen-bond donors (Lipinski definition) is 0. The van der Waals surface area contributed by atoms with Gasteiger partial charge in [0.15, 0.2) is 0 Å². The van der Waals surface area contributed by atoms with Crippen LogP contribution >= 0.6 is 31.9 Å². The van der Waals surface area contributed by atoms with E-state index in [4.69, 9.17) is 0 Å². The third kappa shape index (κ3) is 5.64. The minimum Gasteiger partial charge on any atom is -0.0713 e. The van der Waals surface area contributed by atoms with Gasteiger partial charge in [-0.1, -0.05) is 151 Å². The van der Waals surface area contributed by atoms with Crippen LogP contribution in [0.5, 0.6) is 0 Å². The summed E-state index contributed by atoms with van der Waals surface area (Å²) in [6.45, 7) is 27.8. The molecule has 1 saturated carbocycles. The summed E-state index contributed by atoms with van der Waals surface area (Å²) in [6.07, 6.45) is 0. The molecule has 0 radical (unpaired) electrons. The van der Waals surface area contributed by atoms with Gasteiger partial charge in [-0.05, 0) is 55.0 Å². The molecule has 2 aromatic rings. The van der Waals surface area contributed by atoms with Crippen LogP contribution in [0.4, 0.5) is 0 Å². The molecule has 0 aliphatic heterocycles. The summed E-state index contributed by atoms with van der Waals surface area (Å²) < 4.78 is -0.114. The molecule has 2 atom stereocenters. The zero-order valence-corrected chi connectivity index (χ0v) is 26.0. The summed E-state index contributed by atoms with van der Waals surface area (Å²) >= 11 is 8.22. The Morgan fingerprint density at radius 2 is 0.667 bits per heavy atom. The number of rotatable bonds is 2. The summed E-state index contributed by atoms with van der Waals surface area (Å²) in [5.74, 6) is 0.785. The van der Waals surface area contributed by atoms with E-state index in [0.29, 0.717) is 11.8 Å². The van der Waals surface area contributed by atoms with Crippen LogP contribution in [-0.2, 0) is 21.7 Å². The van der Waals surface area contributed by atoms with E-state index in [1.54, 1.807) is 0 Å². The standard InChI is InChI=1S/C31H44Br2/c1-27(2,3)21-13-19(14-22(17-21)28(4,5)6)25-26(31(25,32)33)20-15-23(29(7,8)9)18-24(16-20)30(10,11)12/h13-18,25-26H,1-12H3/t25-,26-/m1/s1. The quantitative estimate of drug-likeness (QED) is 0.312. The van der Waals surface area contributed by atoms with Gasteiger partial charge in [0.2, 0.25) is 0 Å². The number of alkyl halides is 2. The minimum atomic E-state index is -0.114. The topological polar surface area (TPSA) is 0 Å². The highest BCUT2D eigenvalue weighted by atomic mass is 79.9.